The van der Waals surface area contributed by atoms with E-state index < -0.39 is 0 Å². The summed E-state index contributed by atoms with van der Waals surface area (Å²) in [5, 5.41) is 23.2. The van der Waals surface area contributed by atoms with Crippen LogP contribution in [-0.4, -0.2) is 10.2 Å². The largest absolute Gasteiger partial charge is 0.338 e. The van der Waals surface area contributed by atoms with E-state index >= 15 is 0 Å². The lowest BCUT2D eigenvalue weighted by Crippen LogP contribution is -1.99. The monoisotopic (exact) mass is 322 g/mol. The van der Waals surface area contributed by atoms with Crippen molar-refractivity contribution in [2.45, 2.75) is 0 Å². The van der Waals surface area contributed by atoms with E-state index in [1.54, 1.807) is 12.1 Å². The topological polar surface area (TPSA) is 61.6 Å². The number of fused-ring (bicyclic) bond motifs is 1. The first-order valence-corrected chi connectivity index (χ1v) is 7.93. The maximum atomic E-state index is 9.06. The Morgan fingerprint density at radius 1 is 0.760 bits per heavy atom. The van der Waals surface area contributed by atoms with Gasteiger partial charge in [0.15, 0.2) is 5.82 Å². The Labute approximate surface area is 145 Å². The summed E-state index contributed by atoms with van der Waals surface area (Å²) >= 11 is 0. The highest BCUT2D eigenvalue weighted by molar-refractivity contribution is 6.00. The molecule has 4 nitrogen and oxygen atoms in total. The first kappa shape index (κ1) is 14.9. The minimum Gasteiger partial charge on any atom is -0.338 e. The molecule has 0 bridgehead atoms. The van der Waals surface area contributed by atoms with Gasteiger partial charge in [0.2, 0.25) is 0 Å². The average Bonchev–Trinajstić information content (AvgIpc) is 2.69. The van der Waals surface area contributed by atoms with Crippen molar-refractivity contribution in [3.8, 4) is 17.3 Å². The van der Waals surface area contributed by atoms with E-state index in [1.807, 2.05) is 66.7 Å². The number of nitriles is 1. The minimum atomic E-state index is 0.600. The first-order valence-electron chi connectivity index (χ1n) is 7.93. The van der Waals surface area contributed by atoms with Crippen molar-refractivity contribution in [1.29, 1.82) is 5.26 Å². The predicted molar refractivity (Wildman–Crippen MR) is 99.4 cm³/mol. The van der Waals surface area contributed by atoms with Gasteiger partial charge in [-0.05, 0) is 18.2 Å². The second kappa shape index (κ2) is 6.42. The van der Waals surface area contributed by atoms with Crippen LogP contribution >= 0.6 is 0 Å². The molecule has 4 heteroatoms. The van der Waals surface area contributed by atoms with Crippen molar-refractivity contribution in [3.63, 3.8) is 0 Å². The van der Waals surface area contributed by atoms with Crippen LogP contribution in [0.25, 0.3) is 22.0 Å². The molecule has 0 spiro atoms. The van der Waals surface area contributed by atoms with Gasteiger partial charge in [0, 0.05) is 22.0 Å². The molecule has 0 unspecified atom stereocenters. The first-order chi connectivity index (χ1) is 12.3. The van der Waals surface area contributed by atoms with E-state index in [-0.39, 0.29) is 0 Å². The Balaban J connectivity index is 1.83. The van der Waals surface area contributed by atoms with Crippen LogP contribution in [0.15, 0.2) is 78.9 Å². The zero-order valence-electron chi connectivity index (χ0n) is 13.3. The standard InChI is InChI=1S/C21H14N4/c22-14-15-7-6-10-17(13-15)23-21-19-12-5-4-11-18(19)20(24-25-21)16-8-2-1-3-9-16/h1-13H,(H,23,25). The van der Waals surface area contributed by atoms with E-state index in [1.165, 1.54) is 0 Å². The summed E-state index contributed by atoms with van der Waals surface area (Å²) in [7, 11) is 0. The third-order valence-corrected chi connectivity index (χ3v) is 3.99. The summed E-state index contributed by atoms with van der Waals surface area (Å²) in [6.07, 6.45) is 0. The smallest absolute Gasteiger partial charge is 0.161 e. The number of benzene rings is 3. The van der Waals surface area contributed by atoms with Crippen molar-refractivity contribution in [1.82, 2.24) is 10.2 Å². The van der Waals surface area contributed by atoms with Crippen molar-refractivity contribution >= 4 is 22.3 Å². The zero-order valence-corrected chi connectivity index (χ0v) is 13.3. The van der Waals surface area contributed by atoms with Crippen molar-refractivity contribution in [2.24, 2.45) is 0 Å². The van der Waals surface area contributed by atoms with Crippen molar-refractivity contribution in [2.75, 3.05) is 5.32 Å². The molecule has 0 aliphatic heterocycles. The highest BCUT2D eigenvalue weighted by Crippen LogP contribution is 2.30. The molecule has 0 saturated heterocycles. The number of nitrogens with one attached hydrogen (secondary N) is 1. The highest BCUT2D eigenvalue weighted by Gasteiger charge is 2.10. The van der Waals surface area contributed by atoms with Crippen LogP contribution < -0.4 is 5.32 Å². The minimum absolute atomic E-state index is 0.600. The molecule has 0 aliphatic rings. The molecule has 118 valence electrons. The Kier molecular flexibility index (Phi) is 3.82. The maximum Gasteiger partial charge on any atom is 0.161 e. The molecule has 0 radical (unpaired) electrons. The van der Waals surface area contributed by atoms with E-state index in [0.29, 0.717) is 11.4 Å². The average molecular weight is 322 g/mol. The second-order valence-electron chi connectivity index (χ2n) is 5.63. The van der Waals surface area contributed by atoms with Crippen molar-refractivity contribution < 1.29 is 0 Å². The molecule has 0 saturated carbocycles. The summed E-state index contributed by atoms with van der Waals surface area (Å²) < 4.78 is 0. The van der Waals surface area contributed by atoms with Crippen LogP contribution in [0, 0.1) is 11.3 Å². The van der Waals surface area contributed by atoms with Crippen LogP contribution in [0.4, 0.5) is 11.5 Å². The number of hydrogen-bond donors (Lipinski definition) is 1. The molecule has 4 aromatic rings. The van der Waals surface area contributed by atoms with E-state index in [0.717, 1.165) is 27.7 Å². The van der Waals surface area contributed by atoms with Gasteiger partial charge < -0.3 is 5.32 Å². The van der Waals surface area contributed by atoms with E-state index in [9.17, 15) is 0 Å². The van der Waals surface area contributed by atoms with Crippen LogP contribution in [0.2, 0.25) is 0 Å². The molecule has 1 N–H and O–H groups in total. The van der Waals surface area contributed by atoms with Gasteiger partial charge in [0.25, 0.3) is 0 Å². The van der Waals surface area contributed by atoms with E-state index in [4.69, 9.17) is 5.26 Å². The molecular weight excluding hydrogens is 308 g/mol. The molecular formula is C21H14N4. The normalized spacial score (nSPS) is 10.4. The fourth-order valence-electron chi connectivity index (χ4n) is 2.81. The number of rotatable bonds is 3. The Morgan fingerprint density at radius 3 is 2.32 bits per heavy atom. The zero-order chi connectivity index (χ0) is 17.1. The summed E-state index contributed by atoms with van der Waals surface area (Å²) in [5.41, 5.74) is 3.30. The van der Waals surface area contributed by atoms with Gasteiger partial charge in [-0.3, -0.25) is 0 Å². The molecule has 0 fully saturated rings. The molecule has 25 heavy (non-hydrogen) atoms. The number of hydrogen-bond acceptors (Lipinski definition) is 4. The lowest BCUT2D eigenvalue weighted by Gasteiger charge is -2.11. The van der Waals surface area contributed by atoms with Crippen LogP contribution in [0.5, 0.6) is 0 Å². The van der Waals surface area contributed by atoms with Crippen LogP contribution in [-0.2, 0) is 0 Å². The molecule has 1 heterocycles. The molecule has 0 atom stereocenters. The van der Waals surface area contributed by atoms with Gasteiger partial charge in [-0.1, -0.05) is 60.7 Å². The summed E-state index contributed by atoms with van der Waals surface area (Å²) in [5.74, 6) is 0.672. The van der Waals surface area contributed by atoms with E-state index in [2.05, 4.69) is 21.6 Å². The molecule has 4 rings (SSSR count). The van der Waals surface area contributed by atoms with Gasteiger partial charge in [-0.2, -0.15) is 5.26 Å². The molecule has 3 aromatic carbocycles. The SMILES string of the molecule is N#Cc1cccc(Nc2nnc(-c3ccccc3)c3ccccc23)c1. The van der Waals surface area contributed by atoms with Crippen LogP contribution in [0.1, 0.15) is 5.56 Å². The maximum absolute atomic E-state index is 9.06. The molecule has 0 aliphatic carbocycles. The second-order valence-corrected chi connectivity index (χ2v) is 5.63. The highest BCUT2D eigenvalue weighted by atomic mass is 15.2. The molecule has 0 amide bonds. The lowest BCUT2D eigenvalue weighted by atomic mass is 10.0. The van der Waals surface area contributed by atoms with Crippen molar-refractivity contribution in [3.05, 3.63) is 84.4 Å². The van der Waals surface area contributed by atoms with Gasteiger partial charge >= 0.3 is 0 Å². The fourth-order valence-corrected chi connectivity index (χ4v) is 2.81. The Hall–Kier alpha value is -3.71. The Morgan fingerprint density at radius 2 is 1.52 bits per heavy atom. The third kappa shape index (κ3) is 2.91. The summed E-state index contributed by atoms with van der Waals surface area (Å²) in [6, 6.07) is 27.5. The lowest BCUT2D eigenvalue weighted by molar-refractivity contribution is 1.06. The van der Waals surface area contributed by atoms with Gasteiger partial charge in [-0.15, -0.1) is 10.2 Å². The summed E-state index contributed by atoms with van der Waals surface area (Å²) in [6.45, 7) is 0. The number of aromatic nitrogens is 2. The third-order valence-electron chi connectivity index (χ3n) is 3.99. The predicted octanol–water partition coefficient (Wildman–Crippen LogP) is 4.91. The van der Waals surface area contributed by atoms with Gasteiger partial charge in [0.1, 0.15) is 5.69 Å². The number of anilines is 2. The fraction of sp³-hybridized carbons (Fsp3) is 0. The summed E-state index contributed by atoms with van der Waals surface area (Å²) in [4.78, 5) is 0. The quantitative estimate of drug-likeness (QED) is 0.582. The Bertz CT molecular complexity index is 1080. The molecule has 1 aromatic heterocycles. The van der Waals surface area contributed by atoms with Gasteiger partial charge in [0.05, 0.1) is 11.6 Å². The number of nitrogens with zero attached hydrogens (tertiary/aromatic N) is 3. The van der Waals surface area contributed by atoms with Gasteiger partial charge in [-0.25, -0.2) is 0 Å². The van der Waals surface area contributed by atoms with Crippen LogP contribution in [0.3, 0.4) is 0 Å².